The van der Waals surface area contributed by atoms with Crippen LogP contribution >= 0.6 is 7.82 Å². The highest BCUT2D eigenvalue weighted by atomic mass is 31.2. The summed E-state index contributed by atoms with van der Waals surface area (Å²) in [4.78, 5) is 14.5. The number of nitriles is 1. The van der Waals surface area contributed by atoms with Crippen molar-refractivity contribution in [1.29, 1.82) is 5.26 Å². The number of aliphatic hydroxyl groups is 2. The molecule has 2 fully saturated rings. The Hall–Kier alpha value is -2.18. The topological polar surface area (TPSA) is 204 Å². The van der Waals surface area contributed by atoms with Gasteiger partial charge in [-0.3, -0.25) is 9.05 Å². The standard InChI is InChI=1S/C40H68N5O9P/c1-2-3-4-5-9-12-18-25-50-26-19-13-10-7-6-8-11-17-22-33(51-27-32-20-15-14-16-21-32)28-52-55(48,49)53-29-35-37(46)38(47)40(30-41,54-35)36-24-23-34-39(42)43-31-44-45(34)36/h23-24,31-33,35,37-38,46-47H,2-22,25-29H2,1H3,(H,48,49)(H2,42,43,44)/t33-,35-,37?,38+,40+/m1/s1. The van der Waals surface area contributed by atoms with E-state index in [-0.39, 0.29) is 24.2 Å². The Labute approximate surface area is 328 Å². The summed E-state index contributed by atoms with van der Waals surface area (Å²) in [7, 11) is -4.62. The summed E-state index contributed by atoms with van der Waals surface area (Å²) in [6, 6.07) is 5.00. The zero-order valence-corrected chi connectivity index (χ0v) is 34.0. The molecule has 2 aromatic rings. The molecule has 3 heterocycles. The fourth-order valence-corrected chi connectivity index (χ4v) is 8.44. The van der Waals surface area contributed by atoms with Gasteiger partial charge in [0.25, 0.3) is 0 Å². The van der Waals surface area contributed by atoms with Gasteiger partial charge in [-0.2, -0.15) is 10.4 Å². The van der Waals surface area contributed by atoms with Gasteiger partial charge in [-0.05, 0) is 50.2 Å². The number of nitrogen functional groups attached to an aromatic ring is 1. The first kappa shape index (κ1) is 45.5. The Morgan fingerprint density at radius 3 is 2.24 bits per heavy atom. The highest BCUT2D eigenvalue weighted by Gasteiger charge is 2.58. The zero-order valence-electron chi connectivity index (χ0n) is 33.1. The molecule has 2 unspecified atom stereocenters. The molecule has 2 aromatic heterocycles. The number of hydrogen-bond acceptors (Lipinski definition) is 12. The minimum absolute atomic E-state index is 0.115. The van der Waals surface area contributed by atoms with E-state index in [2.05, 4.69) is 17.0 Å². The minimum Gasteiger partial charge on any atom is -0.387 e. The molecule has 1 saturated carbocycles. The molecule has 4 rings (SSSR count). The number of anilines is 1. The van der Waals surface area contributed by atoms with Crippen LogP contribution in [0.3, 0.4) is 0 Å². The number of ether oxygens (including phenoxy) is 3. The number of fused-ring (bicyclic) bond motifs is 1. The lowest BCUT2D eigenvalue weighted by atomic mass is 9.90. The average molecular weight is 794 g/mol. The van der Waals surface area contributed by atoms with Crippen LogP contribution in [-0.4, -0.2) is 87.2 Å². The normalized spacial score (nSPS) is 23.6. The van der Waals surface area contributed by atoms with E-state index in [9.17, 15) is 24.9 Å². The van der Waals surface area contributed by atoms with E-state index in [4.69, 9.17) is 29.0 Å². The number of unbranched alkanes of at least 4 members (excludes halogenated alkanes) is 13. The second-order valence-corrected chi connectivity index (χ2v) is 16.9. The number of phosphoric ester groups is 1. The Kier molecular flexibility index (Phi) is 20.3. The number of rotatable bonds is 29. The van der Waals surface area contributed by atoms with E-state index < -0.39 is 38.3 Å². The van der Waals surface area contributed by atoms with Crippen LogP contribution in [-0.2, 0) is 33.4 Å². The van der Waals surface area contributed by atoms with Crippen LogP contribution in [0.4, 0.5) is 5.82 Å². The van der Waals surface area contributed by atoms with Crippen LogP contribution in [0.1, 0.15) is 147 Å². The van der Waals surface area contributed by atoms with Crippen molar-refractivity contribution in [3.63, 3.8) is 0 Å². The molecule has 0 spiro atoms. The zero-order chi connectivity index (χ0) is 39.4. The van der Waals surface area contributed by atoms with Crippen LogP contribution in [0.15, 0.2) is 18.5 Å². The third kappa shape index (κ3) is 14.6. The fourth-order valence-electron chi connectivity index (χ4n) is 7.67. The second-order valence-electron chi connectivity index (χ2n) is 15.5. The van der Waals surface area contributed by atoms with Gasteiger partial charge in [0.05, 0.1) is 25.0 Å². The molecule has 0 aromatic carbocycles. The molecule has 1 aliphatic carbocycles. The van der Waals surface area contributed by atoms with E-state index >= 15 is 0 Å². The summed E-state index contributed by atoms with van der Waals surface area (Å²) < 4.78 is 42.9. The first-order chi connectivity index (χ1) is 26.7. The third-order valence-corrected chi connectivity index (χ3v) is 12.0. The largest absolute Gasteiger partial charge is 0.472 e. The van der Waals surface area contributed by atoms with Gasteiger partial charge >= 0.3 is 7.82 Å². The number of aliphatic hydroxyl groups excluding tert-OH is 2. The lowest BCUT2D eigenvalue weighted by Crippen LogP contribution is -2.41. The third-order valence-electron chi connectivity index (χ3n) is 11.1. The first-order valence-corrected chi connectivity index (χ1v) is 22.6. The summed E-state index contributed by atoms with van der Waals surface area (Å²) in [5.74, 6) is 0.630. The van der Waals surface area contributed by atoms with Crippen LogP contribution in [0.5, 0.6) is 0 Å². The Morgan fingerprint density at radius 2 is 1.58 bits per heavy atom. The van der Waals surface area contributed by atoms with E-state index in [1.807, 2.05) is 6.07 Å². The number of phosphoric acid groups is 1. The van der Waals surface area contributed by atoms with Crippen LogP contribution < -0.4 is 5.73 Å². The predicted molar refractivity (Wildman–Crippen MR) is 210 cm³/mol. The molecule has 0 bridgehead atoms. The van der Waals surface area contributed by atoms with Gasteiger partial charge in [0, 0.05) is 19.8 Å². The van der Waals surface area contributed by atoms with Crippen molar-refractivity contribution < 1.29 is 42.9 Å². The lowest BCUT2D eigenvalue weighted by Gasteiger charge is -2.26. The van der Waals surface area contributed by atoms with Crippen molar-refractivity contribution in [2.24, 2.45) is 5.92 Å². The van der Waals surface area contributed by atoms with Crippen molar-refractivity contribution in [1.82, 2.24) is 14.6 Å². The molecule has 6 atom stereocenters. The van der Waals surface area contributed by atoms with Gasteiger partial charge in [-0.15, -0.1) is 0 Å². The van der Waals surface area contributed by atoms with Gasteiger partial charge in [0.2, 0.25) is 5.60 Å². The van der Waals surface area contributed by atoms with Gasteiger partial charge in [-0.1, -0.05) is 110 Å². The van der Waals surface area contributed by atoms with Crippen LogP contribution in [0.2, 0.25) is 0 Å². The first-order valence-electron chi connectivity index (χ1n) is 21.1. The second kappa shape index (κ2) is 24.6. The van der Waals surface area contributed by atoms with Gasteiger partial charge in [-0.25, -0.2) is 14.1 Å². The molecule has 14 nitrogen and oxygen atoms in total. The maximum absolute atomic E-state index is 13.0. The molecule has 312 valence electrons. The Bertz CT molecular complexity index is 1450. The van der Waals surface area contributed by atoms with Gasteiger partial charge in [0.1, 0.15) is 36.2 Å². The Balaban J connectivity index is 1.14. The monoisotopic (exact) mass is 793 g/mol. The summed E-state index contributed by atoms with van der Waals surface area (Å²) in [6.45, 7) is 3.86. The highest BCUT2D eigenvalue weighted by Crippen LogP contribution is 2.46. The van der Waals surface area contributed by atoms with Gasteiger partial charge in [0.15, 0.2) is 5.82 Å². The van der Waals surface area contributed by atoms with Crippen molar-refractivity contribution in [2.45, 2.75) is 172 Å². The lowest BCUT2D eigenvalue weighted by molar-refractivity contribution is -0.0660. The molecular weight excluding hydrogens is 725 g/mol. The maximum atomic E-state index is 13.0. The van der Waals surface area contributed by atoms with E-state index in [0.29, 0.717) is 24.5 Å². The number of nitrogens with zero attached hydrogens (tertiary/aromatic N) is 4. The predicted octanol–water partition coefficient (Wildman–Crippen LogP) is 7.53. The van der Waals surface area contributed by atoms with Crippen molar-refractivity contribution >= 4 is 19.2 Å². The van der Waals surface area contributed by atoms with Crippen LogP contribution in [0, 0.1) is 17.2 Å². The molecule has 15 heteroatoms. The summed E-state index contributed by atoms with van der Waals surface area (Å²) in [5, 5.41) is 36.1. The molecule has 0 radical (unpaired) electrons. The molecule has 1 aliphatic heterocycles. The van der Waals surface area contributed by atoms with Crippen molar-refractivity contribution in [3.05, 3.63) is 24.2 Å². The fraction of sp³-hybridized carbons (Fsp3) is 0.825. The van der Waals surface area contributed by atoms with E-state index in [0.717, 1.165) is 51.7 Å². The quantitative estimate of drug-likeness (QED) is 0.0465. The molecule has 2 aliphatic rings. The minimum atomic E-state index is -4.62. The number of aromatic nitrogens is 3. The number of nitrogens with two attached hydrogens (primary N) is 1. The molecule has 5 N–H and O–H groups in total. The highest BCUT2D eigenvalue weighted by molar-refractivity contribution is 7.47. The molecule has 0 amide bonds. The molecule has 55 heavy (non-hydrogen) atoms. The Morgan fingerprint density at radius 1 is 0.945 bits per heavy atom. The van der Waals surface area contributed by atoms with Crippen molar-refractivity contribution in [2.75, 3.05) is 38.8 Å². The van der Waals surface area contributed by atoms with E-state index in [1.165, 1.54) is 107 Å². The molecule has 1 saturated heterocycles. The van der Waals surface area contributed by atoms with Gasteiger partial charge < -0.3 is 35.1 Å². The summed E-state index contributed by atoms with van der Waals surface area (Å²) in [5.41, 5.74) is 4.36. The number of hydrogen-bond donors (Lipinski definition) is 4. The average Bonchev–Trinajstić information content (AvgIpc) is 3.74. The smallest absolute Gasteiger partial charge is 0.387 e. The van der Waals surface area contributed by atoms with Crippen LogP contribution in [0.25, 0.3) is 5.52 Å². The van der Waals surface area contributed by atoms with E-state index in [1.54, 1.807) is 6.07 Å². The maximum Gasteiger partial charge on any atom is 0.472 e. The van der Waals surface area contributed by atoms with Crippen molar-refractivity contribution in [3.8, 4) is 6.07 Å². The summed E-state index contributed by atoms with van der Waals surface area (Å²) in [6.07, 6.45) is 21.0. The SMILES string of the molecule is CCCCCCCCCOCCCCCCCCCC[C@H](COP(=O)(O)OC[C@H]1O[C@@](C#N)(c2ccc3c(N)ncnn23)[C@@H](O)C1O)OCC1CCCCC1. The molecular formula is C40H68N5O9P. The summed E-state index contributed by atoms with van der Waals surface area (Å²) >= 11 is 0.